The molecule has 0 aromatic heterocycles. The highest BCUT2D eigenvalue weighted by atomic mass is 35.5. The van der Waals surface area contributed by atoms with Crippen molar-refractivity contribution < 1.29 is 9.59 Å². The van der Waals surface area contributed by atoms with Crippen LogP contribution in [-0.4, -0.2) is 17.9 Å². The maximum Gasteiger partial charge on any atom is 0.313 e. The van der Waals surface area contributed by atoms with Crippen LogP contribution in [0, 0.1) is 6.92 Å². The van der Waals surface area contributed by atoms with Gasteiger partial charge in [0, 0.05) is 16.8 Å². The van der Waals surface area contributed by atoms with E-state index in [2.05, 4.69) is 10.6 Å². The van der Waals surface area contributed by atoms with Gasteiger partial charge in [-0.3, -0.25) is 9.59 Å². The third kappa shape index (κ3) is 4.74. The average Bonchev–Trinajstić information content (AvgIpc) is 2.71. The van der Waals surface area contributed by atoms with Gasteiger partial charge in [0.25, 0.3) is 0 Å². The minimum atomic E-state index is -0.640. The smallest absolute Gasteiger partial charge is 0.313 e. The molecule has 0 heterocycles. The van der Waals surface area contributed by atoms with E-state index in [4.69, 9.17) is 11.6 Å². The van der Waals surface area contributed by atoms with Gasteiger partial charge in [-0.25, -0.2) is 0 Å². The molecule has 0 unspecified atom stereocenters. The molecule has 1 fully saturated rings. The zero-order valence-electron chi connectivity index (χ0n) is 12.2. The van der Waals surface area contributed by atoms with Gasteiger partial charge in [-0.05, 0) is 37.5 Å². The predicted octanol–water partition coefficient (Wildman–Crippen LogP) is 3.43. The quantitative estimate of drug-likeness (QED) is 0.649. The van der Waals surface area contributed by atoms with Crippen LogP contribution < -0.4 is 10.6 Å². The number of hydrogen-bond acceptors (Lipinski definition) is 2. The van der Waals surface area contributed by atoms with E-state index in [9.17, 15) is 9.59 Å². The monoisotopic (exact) mass is 308 g/mol. The summed E-state index contributed by atoms with van der Waals surface area (Å²) < 4.78 is 0. The molecule has 1 aliphatic rings. The van der Waals surface area contributed by atoms with Crippen molar-refractivity contribution >= 4 is 29.1 Å². The zero-order valence-corrected chi connectivity index (χ0v) is 13.0. The highest BCUT2D eigenvalue weighted by Crippen LogP contribution is 2.20. The van der Waals surface area contributed by atoms with Crippen molar-refractivity contribution in [2.45, 2.75) is 51.5 Å². The third-order valence-corrected chi connectivity index (χ3v) is 4.23. The van der Waals surface area contributed by atoms with Gasteiger partial charge in [0.15, 0.2) is 0 Å². The summed E-state index contributed by atoms with van der Waals surface area (Å²) in [5.41, 5.74) is 1.46. The molecule has 0 aliphatic heterocycles. The number of aryl methyl sites for hydroxylation is 1. The Morgan fingerprint density at radius 2 is 1.76 bits per heavy atom. The number of anilines is 1. The second-order valence-corrected chi connectivity index (χ2v) is 5.99. The van der Waals surface area contributed by atoms with Crippen molar-refractivity contribution in [2.75, 3.05) is 5.32 Å². The zero-order chi connectivity index (χ0) is 15.2. The van der Waals surface area contributed by atoms with Crippen molar-refractivity contribution in [1.82, 2.24) is 5.32 Å². The van der Waals surface area contributed by atoms with Gasteiger partial charge in [-0.15, -0.1) is 0 Å². The summed E-state index contributed by atoms with van der Waals surface area (Å²) in [4.78, 5) is 23.8. The van der Waals surface area contributed by atoms with Gasteiger partial charge >= 0.3 is 11.8 Å². The topological polar surface area (TPSA) is 58.2 Å². The predicted molar refractivity (Wildman–Crippen MR) is 84.5 cm³/mol. The van der Waals surface area contributed by atoms with Crippen molar-refractivity contribution in [3.8, 4) is 0 Å². The van der Waals surface area contributed by atoms with E-state index in [0.29, 0.717) is 10.7 Å². The number of nitrogens with one attached hydrogen (secondary N) is 2. The van der Waals surface area contributed by atoms with Crippen molar-refractivity contribution in [3.63, 3.8) is 0 Å². The molecule has 1 saturated carbocycles. The van der Waals surface area contributed by atoms with Crippen LogP contribution in [0.2, 0.25) is 5.02 Å². The molecule has 4 nitrogen and oxygen atoms in total. The van der Waals surface area contributed by atoms with Gasteiger partial charge in [0.1, 0.15) is 0 Å². The average molecular weight is 309 g/mol. The molecule has 2 rings (SSSR count). The first-order valence-corrected chi connectivity index (χ1v) is 7.82. The van der Waals surface area contributed by atoms with Crippen LogP contribution in [0.3, 0.4) is 0 Å². The van der Waals surface area contributed by atoms with Gasteiger partial charge in [-0.2, -0.15) is 0 Å². The number of carbonyl (C=O) groups is 2. The maximum atomic E-state index is 11.9. The Balaban J connectivity index is 1.89. The Morgan fingerprint density at radius 1 is 1.10 bits per heavy atom. The SMILES string of the molecule is Cc1ccc(NC(=O)C(=O)NC2CCCCCC2)cc1Cl. The molecule has 21 heavy (non-hydrogen) atoms. The summed E-state index contributed by atoms with van der Waals surface area (Å²) in [6.45, 7) is 1.88. The fraction of sp³-hybridized carbons (Fsp3) is 0.500. The molecule has 114 valence electrons. The second-order valence-electron chi connectivity index (χ2n) is 5.58. The van der Waals surface area contributed by atoms with E-state index in [-0.39, 0.29) is 6.04 Å². The minimum Gasteiger partial charge on any atom is -0.345 e. The molecular weight excluding hydrogens is 288 g/mol. The molecule has 0 radical (unpaired) electrons. The van der Waals surface area contributed by atoms with E-state index >= 15 is 0 Å². The van der Waals surface area contributed by atoms with Gasteiger partial charge in [0.05, 0.1) is 0 Å². The lowest BCUT2D eigenvalue weighted by Crippen LogP contribution is -2.41. The highest BCUT2D eigenvalue weighted by molar-refractivity contribution is 6.40. The molecule has 2 N–H and O–H groups in total. The molecular formula is C16H21ClN2O2. The number of rotatable bonds is 2. The lowest BCUT2D eigenvalue weighted by molar-refractivity contribution is -0.136. The fourth-order valence-corrected chi connectivity index (χ4v) is 2.71. The molecule has 1 aromatic carbocycles. The first kappa shape index (κ1) is 15.8. The van der Waals surface area contributed by atoms with Crippen LogP contribution in [0.1, 0.15) is 44.1 Å². The number of halogens is 1. The lowest BCUT2D eigenvalue weighted by atomic mass is 10.1. The van der Waals surface area contributed by atoms with E-state index in [0.717, 1.165) is 31.2 Å². The lowest BCUT2D eigenvalue weighted by Gasteiger charge is -2.15. The third-order valence-electron chi connectivity index (χ3n) is 3.83. The summed E-state index contributed by atoms with van der Waals surface area (Å²) in [7, 11) is 0. The first-order chi connectivity index (χ1) is 10.1. The van der Waals surface area contributed by atoms with Gasteiger partial charge in [-0.1, -0.05) is 43.4 Å². The Morgan fingerprint density at radius 3 is 2.38 bits per heavy atom. The molecule has 0 spiro atoms. The van der Waals surface area contributed by atoms with Crippen LogP contribution in [0.4, 0.5) is 5.69 Å². The Hall–Kier alpha value is -1.55. The van der Waals surface area contributed by atoms with E-state index < -0.39 is 11.8 Å². The molecule has 0 saturated heterocycles. The van der Waals surface area contributed by atoms with E-state index in [1.54, 1.807) is 18.2 Å². The first-order valence-electron chi connectivity index (χ1n) is 7.44. The summed E-state index contributed by atoms with van der Waals surface area (Å²) in [6, 6.07) is 5.31. The fourth-order valence-electron chi connectivity index (χ4n) is 2.53. The van der Waals surface area contributed by atoms with E-state index in [1.807, 2.05) is 6.92 Å². The van der Waals surface area contributed by atoms with Crippen LogP contribution in [0.5, 0.6) is 0 Å². The van der Waals surface area contributed by atoms with Crippen LogP contribution in [-0.2, 0) is 9.59 Å². The molecule has 1 aromatic rings. The number of carbonyl (C=O) groups excluding carboxylic acids is 2. The molecule has 1 aliphatic carbocycles. The van der Waals surface area contributed by atoms with Crippen LogP contribution in [0.25, 0.3) is 0 Å². The summed E-state index contributed by atoms with van der Waals surface area (Å²) in [5, 5.41) is 5.97. The minimum absolute atomic E-state index is 0.118. The summed E-state index contributed by atoms with van der Waals surface area (Å²) in [5.74, 6) is -1.21. The molecule has 5 heteroatoms. The number of amides is 2. The van der Waals surface area contributed by atoms with Crippen LogP contribution >= 0.6 is 11.6 Å². The van der Waals surface area contributed by atoms with Crippen molar-refractivity contribution in [3.05, 3.63) is 28.8 Å². The maximum absolute atomic E-state index is 11.9. The molecule has 0 bridgehead atoms. The summed E-state index contributed by atoms with van der Waals surface area (Å²) >= 11 is 6.00. The second kappa shape index (κ2) is 7.46. The highest BCUT2D eigenvalue weighted by Gasteiger charge is 2.19. The normalized spacial score (nSPS) is 16.1. The Labute approximate surface area is 130 Å². The standard InChI is InChI=1S/C16H21ClN2O2/c1-11-8-9-13(10-14(11)17)19-16(21)15(20)18-12-6-4-2-3-5-7-12/h8-10,12H,2-7H2,1H3,(H,18,20)(H,19,21). The molecule has 0 atom stereocenters. The van der Waals surface area contributed by atoms with Gasteiger partial charge in [0.2, 0.25) is 0 Å². The van der Waals surface area contributed by atoms with Gasteiger partial charge < -0.3 is 10.6 Å². The summed E-state index contributed by atoms with van der Waals surface area (Å²) in [6.07, 6.45) is 6.55. The number of benzene rings is 1. The van der Waals surface area contributed by atoms with E-state index in [1.165, 1.54) is 12.8 Å². The van der Waals surface area contributed by atoms with Crippen molar-refractivity contribution in [2.24, 2.45) is 0 Å². The Bertz CT molecular complexity index is 523. The van der Waals surface area contributed by atoms with Crippen LogP contribution in [0.15, 0.2) is 18.2 Å². The molecule has 2 amide bonds. The largest absolute Gasteiger partial charge is 0.345 e. The van der Waals surface area contributed by atoms with Crippen molar-refractivity contribution in [1.29, 1.82) is 0 Å². The Kier molecular flexibility index (Phi) is 5.62. The number of hydrogen-bond donors (Lipinski definition) is 2.